The lowest BCUT2D eigenvalue weighted by molar-refractivity contribution is -0.144. The highest BCUT2D eigenvalue weighted by Gasteiger charge is 2.28. The molecule has 0 aliphatic carbocycles. The minimum Gasteiger partial charge on any atom is -0.464 e. The molecule has 1 fully saturated rings. The van der Waals surface area contributed by atoms with Crippen LogP contribution in [0.15, 0.2) is 0 Å². The fourth-order valence-electron chi connectivity index (χ4n) is 0.754. The van der Waals surface area contributed by atoms with Crippen LogP contribution in [0.5, 0.6) is 0 Å². The smallest absolute Gasteiger partial charge is 0.329 e. The first kappa shape index (κ1) is 8.39. The summed E-state index contributed by atoms with van der Waals surface area (Å²) in [4.78, 5) is 21.5. The van der Waals surface area contributed by atoms with E-state index < -0.39 is 6.04 Å². The zero-order valence-electron chi connectivity index (χ0n) is 6.12. The van der Waals surface area contributed by atoms with Gasteiger partial charge in [-0.3, -0.25) is 4.79 Å². The lowest BCUT2D eigenvalue weighted by Crippen LogP contribution is -2.35. The van der Waals surface area contributed by atoms with Crippen molar-refractivity contribution in [2.24, 2.45) is 0 Å². The van der Waals surface area contributed by atoms with Gasteiger partial charge in [-0.05, 0) is 6.92 Å². The highest BCUT2D eigenvalue weighted by atomic mass is 32.2. The van der Waals surface area contributed by atoms with E-state index in [9.17, 15) is 9.59 Å². The summed E-state index contributed by atoms with van der Waals surface area (Å²) in [5.41, 5.74) is 0. The first-order valence-electron chi connectivity index (χ1n) is 3.34. The topological polar surface area (TPSA) is 55.4 Å². The fourth-order valence-corrected chi connectivity index (χ4v) is 1.52. The summed E-state index contributed by atoms with van der Waals surface area (Å²) in [5, 5.41) is 2.34. The van der Waals surface area contributed by atoms with Gasteiger partial charge < -0.3 is 10.1 Å². The van der Waals surface area contributed by atoms with E-state index in [0.29, 0.717) is 12.4 Å². The molecule has 1 saturated heterocycles. The largest absolute Gasteiger partial charge is 0.464 e. The van der Waals surface area contributed by atoms with E-state index in [1.54, 1.807) is 6.92 Å². The predicted molar refractivity (Wildman–Crippen MR) is 41.4 cm³/mol. The van der Waals surface area contributed by atoms with Gasteiger partial charge in [-0.2, -0.15) is 0 Å². The predicted octanol–water partition coefficient (Wildman–Crippen LogP) is 0.374. The molecule has 0 spiro atoms. The van der Waals surface area contributed by atoms with Crippen molar-refractivity contribution in [2.45, 2.75) is 13.0 Å². The minimum absolute atomic E-state index is 0.150. The van der Waals surface area contributed by atoms with Crippen LogP contribution in [0.1, 0.15) is 6.92 Å². The molecule has 0 aromatic rings. The monoisotopic (exact) mass is 175 g/mol. The van der Waals surface area contributed by atoms with Crippen molar-refractivity contribution in [1.29, 1.82) is 0 Å². The van der Waals surface area contributed by atoms with Gasteiger partial charge in [-0.1, -0.05) is 11.8 Å². The van der Waals surface area contributed by atoms with Crippen LogP contribution < -0.4 is 5.32 Å². The Bertz CT molecular complexity index is 183. The van der Waals surface area contributed by atoms with E-state index in [4.69, 9.17) is 4.74 Å². The number of carbonyl (C=O) groups excluding carboxylic acids is 2. The van der Waals surface area contributed by atoms with Gasteiger partial charge in [-0.15, -0.1) is 0 Å². The standard InChI is InChI=1S/C6H9NO3S/c1-2-10-5(8)4-3-11-6(9)7-4/h4H,2-3H2,1H3,(H,7,9). The Morgan fingerprint density at radius 3 is 3.09 bits per heavy atom. The molecule has 1 unspecified atom stereocenters. The molecule has 1 aliphatic heterocycles. The third-order valence-electron chi connectivity index (χ3n) is 1.24. The van der Waals surface area contributed by atoms with Gasteiger partial charge in [0.1, 0.15) is 6.04 Å². The molecule has 1 amide bonds. The average Bonchev–Trinajstić information content (AvgIpc) is 2.36. The van der Waals surface area contributed by atoms with Gasteiger partial charge in [-0.25, -0.2) is 4.79 Å². The summed E-state index contributed by atoms with van der Waals surface area (Å²) in [6.45, 7) is 2.09. The average molecular weight is 175 g/mol. The summed E-state index contributed by atoms with van der Waals surface area (Å²) in [6.07, 6.45) is 0. The Balaban J connectivity index is 2.37. The maximum atomic E-state index is 10.9. The Labute approximate surface area is 68.7 Å². The summed E-state index contributed by atoms with van der Waals surface area (Å²) in [6, 6.07) is -0.438. The van der Waals surface area contributed by atoms with E-state index >= 15 is 0 Å². The van der Waals surface area contributed by atoms with Crippen molar-refractivity contribution < 1.29 is 14.3 Å². The molecule has 1 heterocycles. The Morgan fingerprint density at radius 1 is 1.91 bits per heavy atom. The molecule has 1 rings (SSSR count). The Hall–Kier alpha value is -0.710. The van der Waals surface area contributed by atoms with Crippen molar-refractivity contribution in [3.63, 3.8) is 0 Å². The number of rotatable bonds is 2. The van der Waals surface area contributed by atoms with Crippen LogP contribution in [0.2, 0.25) is 0 Å². The summed E-state index contributed by atoms with van der Waals surface area (Å²) < 4.78 is 4.71. The van der Waals surface area contributed by atoms with Gasteiger partial charge in [0.2, 0.25) is 0 Å². The van der Waals surface area contributed by atoms with Crippen LogP contribution in [-0.4, -0.2) is 29.6 Å². The molecule has 0 radical (unpaired) electrons. The van der Waals surface area contributed by atoms with E-state index in [1.165, 1.54) is 0 Å². The molecule has 0 saturated carbocycles. The number of esters is 1. The molecule has 1 N–H and O–H groups in total. The fraction of sp³-hybridized carbons (Fsp3) is 0.667. The number of amides is 1. The third kappa shape index (κ3) is 2.11. The van der Waals surface area contributed by atoms with Crippen LogP contribution >= 0.6 is 11.8 Å². The molecular weight excluding hydrogens is 166 g/mol. The first-order valence-corrected chi connectivity index (χ1v) is 4.32. The molecule has 11 heavy (non-hydrogen) atoms. The van der Waals surface area contributed by atoms with E-state index in [-0.39, 0.29) is 11.2 Å². The lowest BCUT2D eigenvalue weighted by Gasteiger charge is -2.06. The van der Waals surface area contributed by atoms with Gasteiger partial charge in [0.25, 0.3) is 5.24 Å². The number of hydrogen-bond donors (Lipinski definition) is 1. The van der Waals surface area contributed by atoms with Crippen molar-refractivity contribution in [3.05, 3.63) is 0 Å². The second-order valence-corrected chi connectivity index (χ2v) is 3.04. The van der Waals surface area contributed by atoms with Crippen molar-refractivity contribution in [3.8, 4) is 0 Å². The highest BCUT2D eigenvalue weighted by Crippen LogP contribution is 2.13. The van der Waals surface area contributed by atoms with Crippen molar-refractivity contribution >= 4 is 23.0 Å². The van der Waals surface area contributed by atoms with Gasteiger partial charge in [0.05, 0.1) is 6.61 Å². The SMILES string of the molecule is CCOC(=O)C1CSC(=O)N1. The maximum absolute atomic E-state index is 10.9. The maximum Gasteiger partial charge on any atom is 0.329 e. The highest BCUT2D eigenvalue weighted by molar-refractivity contribution is 8.14. The first-order chi connectivity index (χ1) is 5.24. The van der Waals surface area contributed by atoms with Gasteiger partial charge >= 0.3 is 5.97 Å². The van der Waals surface area contributed by atoms with Crippen LogP contribution in [0.3, 0.4) is 0 Å². The van der Waals surface area contributed by atoms with E-state index in [0.717, 1.165) is 11.8 Å². The van der Waals surface area contributed by atoms with Crippen LogP contribution in [-0.2, 0) is 9.53 Å². The molecule has 0 aromatic carbocycles. The molecule has 1 aliphatic rings. The molecule has 0 bridgehead atoms. The van der Waals surface area contributed by atoms with Crippen LogP contribution in [0.4, 0.5) is 4.79 Å². The number of ether oxygens (including phenoxy) is 1. The zero-order valence-corrected chi connectivity index (χ0v) is 6.94. The second kappa shape index (κ2) is 3.61. The summed E-state index contributed by atoms with van der Waals surface area (Å²) >= 11 is 1.11. The molecule has 0 aromatic heterocycles. The Kier molecular flexibility index (Phi) is 2.76. The number of carbonyl (C=O) groups is 2. The van der Waals surface area contributed by atoms with Gasteiger partial charge in [0, 0.05) is 5.75 Å². The van der Waals surface area contributed by atoms with Crippen molar-refractivity contribution in [1.82, 2.24) is 5.32 Å². The number of hydrogen-bond acceptors (Lipinski definition) is 4. The number of nitrogens with one attached hydrogen (secondary N) is 1. The summed E-state index contributed by atoms with van der Waals surface area (Å²) in [7, 11) is 0. The van der Waals surface area contributed by atoms with Crippen LogP contribution in [0, 0.1) is 0 Å². The van der Waals surface area contributed by atoms with E-state index in [2.05, 4.69) is 5.32 Å². The third-order valence-corrected chi connectivity index (χ3v) is 2.12. The molecule has 62 valence electrons. The zero-order chi connectivity index (χ0) is 8.27. The quantitative estimate of drug-likeness (QED) is 0.616. The molecular formula is C6H9NO3S. The minimum atomic E-state index is -0.438. The lowest BCUT2D eigenvalue weighted by atomic mass is 10.3. The second-order valence-electron chi connectivity index (χ2n) is 2.05. The van der Waals surface area contributed by atoms with Gasteiger partial charge in [0.15, 0.2) is 0 Å². The normalized spacial score (nSPS) is 23.0. The Morgan fingerprint density at radius 2 is 2.64 bits per heavy atom. The van der Waals surface area contributed by atoms with Crippen LogP contribution in [0.25, 0.3) is 0 Å². The van der Waals surface area contributed by atoms with Crippen molar-refractivity contribution in [2.75, 3.05) is 12.4 Å². The molecule has 5 heteroatoms. The van der Waals surface area contributed by atoms with E-state index in [1.807, 2.05) is 0 Å². The number of thioether (sulfide) groups is 1. The molecule has 1 atom stereocenters. The summed E-state index contributed by atoms with van der Waals surface area (Å²) in [5.74, 6) is 0.142. The molecule has 4 nitrogen and oxygen atoms in total.